The van der Waals surface area contributed by atoms with Gasteiger partial charge < -0.3 is 10.6 Å². The molecule has 0 atom stereocenters. The van der Waals surface area contributed by atoms with Crippen molar-refractivity contribution in [2.45, 2.75) is 31.7 Å². The van der Waals surface area contributed by atoms with E-state index in [1.54, 1.807) is 24.3 Å². The molecular formula is C16H17FN4O. The van der Waals surface area contributed by atoms with Gasteiger partial charge in [-0.25, -0.2) is 14.4 Å². The summed E-state index contributed by atoms with van der Waals surface area (Å²) in [5.74, 6) is -0.415. The monoisotopic (exact) mass is 300 g/mol. The van der Waals surface area contributed by atoms with Crippen molar-refractivity contribution in [2.75, 3.05) is 5.32 Å². The smallest absolute Gasteiger partial charge is 0.270 e. The summed E-state index contributed by atoms with van der Waals surface area (Å²) in [4.78, 5) is 20.3. The fraction of sp³-hybridized carbons (Fsp3) is 0.312. The standard InChI is InChI=1S/C16H17FN4O/c17-12-7-3-4-8-13(12)20-16-18-10-9-14(21-16)15(22)19-11-5-1-2-6-11/h3-4,7-11H,1-2,5-6H2,(H,19,22)(H,18,20,21). The minimum atomic E-state index is -0.396. The zero-order chi connectivity index (χ0) is 15.4. The van der Waals surface area contributed by atoms with Gasteiger partial charge in [0.2, 0.25) is 5.95 Å². The summed E-state index contributed by atoms with van der Waals surface area (Å²) in [5.41, 5.74) is 0.552. The minimum Gasteiger partial charge on any atom is -0.348 e. The van der Waals surface area contributed by atoms with E-state index in [-0.39, 0.29) is 29.3 Å². The highest BCUT2D eigenvalue weighted by Crippen LogP contribution is 2.19. The van der Waals surface area contributed by atoms with Crippen LogP contribution in [0.15, 0.2) is 36.5 Å². The molecule has 1 aliphatic rings. The Balaban J connectivity index is 1.72. The molecule has 3 rings (SSSR count). The zero-order valence-corrected chi connectivity index (χ0v) is 12.1. The number of hydrogen-bond acceptors (Lipinski definition) is 4. The Hall–Kier alpha value is -2.50. The molecule has 1 saturated carbocycles. The number of aromatic nitrogens is 2. The van der Waals surface area contributed by atoms with Crippen molar-refractivity contribution in [3.63, 3.8) is 0 Å². The Morgan fingerprint density at radius 2 is 1.95 bits per heavy atom. The second kappa shape index (κ2) is 6.51. The lowest BCUT2D eigenvalue weighted by Crippen LogP contribution is -2.33. The second-order valence-electron chi connectivity index (χ2n) is 5.33. The predicted octanol–water partition coefficient (Wildman–Crippen LogP) is 3.03. The van der Waals surface area contributed by atoms with Gasteiger partial charge in [0.05, 0.1) is 5.69 Å². The van der Waals surface area contributed by atoms with Crippen LogP contribution in [0.2, 0.25) is 0 Å². The lowest BCUT2D eigenvalue weighted by Gasteiger charge is -2.12. The topological polar surface area (TPSA) is 66.9 Å². The summed E-state index contributed by atoms with van der Waals surface area (Å²) in [6, 6.07) is 8.03. The predicted molar refractivity (Wildman–Crippen MR) is 81.4 cm³/mol. The van der Waals surface area contributed by atoms with Crippen LogP contribution in [0.4, 0.5) is 16.0 Å². The first-order chi connectivity index (χ1) is 10.7. The van der Waals surface area contributed by atoms with Crippen LogP contribution in [-0.2, 0) is 0 Å². The van der Waals surface area contributed by atoms with E-state index < -0.39 is 5.82 Å². The van der Waals surface area contributed by atoms with Gasteiger partial charge >= 0.3 is 0 Å². The van der Waals surface area contributed by atoms with Crippen LogP contribution in [0.1, 0.15) is 36.2 Å². The van der Waals surface area contributed by atoms with Gasteiger partial charge in [-0.05, 0) is 31.0 Å². The van der Waals surface area contributed by atoms with Crippen molar-refractivity contribution in [1.82, 2.24) is 15.3 Å². The molecule has 0 radical (unpaired) electrons. The number of nitrogens with zero attached hydrogens (tertiary/aromatic N) is 2. The Morgan fingerprint density at radius 1 is 1.18 bits per heavy atom. The van der Waals surface area contributed by atoms with Crippen LogP contribution < -0.4 is 10.6 Å². The van der Waals surface area contributed by atoms with E-state index in [2.05, 4.69) is 20.6 Å². The van der Waals surface area contributed by atoms with Crippen molar-refractivity contribution < 1.29 is 9.18 Å². The lowest BCUT2D eigenvalue weighted by atomic mass is 10.2. The van der Waals surface area contributed by atoms with Crippen molar-refractivity contribution >= 4 is 17.5 Å². The molecule has 0 saturated heterocycles. The van der Waals surface area contributed by atoms with Gasteiger partial charge in [0.1, 0.15) is 11.5 Å². The first-order valence-electron chi connectivity index (χ1n) is 7.38. The molecule has 1 aromatic heterocycles. The number of para-hydroxylation sites is 1. The fourth-order valence-corrected chi connectivity index (χ4v) is 2.56. The highest BCUT2D eigenvalue weighted by Gasteiger charge is 2.19. The number of carbonyl (C=O) groups excluding carboxylic acids is 1. The zero-order valence-electron chi connectivity index (χ0n) is 12.1. The Kier molecular flexibility index (Phi) is 4.27. The van der Waals surface area contributed by atoms with E-state index in [4.69, 9.17) is 0 Å². The number of carbonyl (C=O) groups is 1. The third kappa shape index (κ3) is 3.39. The molecule has 0 unspecified atom stereocenters. The molecule has 0 aliphatic heterocycles. The Morgan fingerprint density at radius 3 is 2.73 bits per heavy atom. The second-order valence-corrected chi connectivity index (χ2v) is 5.33. The molecule has 1 fully saturated rings. The molecule has 0 bridgehead atoms. The van der Waals surface area contributed by atoms with E-state index in [1.165, 1.54) is 12.3 Å². The van der Waals surface area contributed by atoms with Crippen LogP contribution in [-0.4, -0.2) is 21.9 Å². The number of halogens is 1. The van der Waals surface area contributed by atoms with Gasteiger partial charge in [-0.15, -0.1) is 0 Å². The summed E-state index contributed by atoms with van der Waals surface area (Å²) in [6.45, 7) is 0. The molecule has 0 spiro atoms. The van der Waals surface area contributed by atoms with Gasteiger partial charge in [-0.2, -0.15) is 0 Å². The van der Waals surface area contributed by atoms with Gasteiger partial charge in [-0.3, -0.25) is 4.79 Å². The first kappa shape index (κ1) is 14.4. The molecule has 1 aromatic carbocycles. The maximum Gasteiger partial charge on any atom is 0.270 e. The van der Waals surface area contributed by atoms with Crippen molar-refractivity contribution in [3.8, 4) is 0 Å². The van der Waals surface area contributed by atoms with E-state index >= 15 is 0 Å². The van der Waals surface area contributed by atoms with Crippen LogP contribution in [0.25, 0.3) is 0 Å². The average molecular weight is 300 g/mol. The molecule has 22 heavy (non-hydrogen) atoms. The molecule has 1 aliphatic carbocycles. The SMILES string of the molecule is O=C(NC1CCCC1)c1ccnc(Nc2ccccc2F)n1. The van der Waals surface area contributed by atoms with Crippen LogP contribution >= 0.6 is 0 Å². The van der Waals surface area contributed by atoms with Crippen LogP contribution in [0.3, 0.4) is 0 Å². The molecule has 2 N–H and O–H groups in total. The number of rotatable bonds is 4. The number of benzene rings is 1. The van der Waals surface area contributed by atoms with Crippen molar-refractivity contribution in [1.29, 1.82) is 0 Å². The van der Waals surface area contributed by atoms with Gasteiger partial charge in [-0.1, -0.05) is 25.0 Å². The number of amides is 1. The number of hydrogen-bond donors (Lipinski definition) is 2. The summed E-state index contributed by atoms with van der Waals surface area (Å²) in [6.07, 6.45) is 5.80. The first-order valence-corrected chi connectivity index (χ1v) is 7.38. The fourth-order valence-electron chi connectivity index (χ4n) is 2.56. The summed E-state index contributed by atoms with van der Waals surface area (Å²) in [5, 5.41) is 5.75. The van der Waals surface area contributed by atoms with Crippen molar-refractivity contribution in [3.05, 3.63) is 48.0 Å². The van der Waals surface area contributed by atoms with Crippen LogP contribution in [0.5, 0.6) is 0 Å². The number of nitrogens with one attached hydrogen (secondary N) is 2. The summed E-state index contributed by atoms with van der Waals surface area (Å²) < 4.78 is 13.6. The van der Waals surface area contributed by atoms with Gasteiger partial charge in [0.25, 0.3) is 5.91 Å². The normalized spacial score (nSPS) is 14.8. The quantitative estimate of drug-likeness (QED) is 0.911. The highest BCUT2D eigenvalue weighted by atomic mass is 19.1. The number of anilines is 2. The summed E-state index contributed by atoms with van der Waals surface area (Å²) in [7, 11) is 0. The maximum atomic E-state index is 13.6. The molecule has 6 heteroatoms. The molecule has 5 nitrogen and oxygen atoms in total. The lowest BCUT2D eigenvalue weighted by molar-refractivity contribution is 0.0933. The Labute approximate surface area is 128 Å². The molecule has 114 valence electrons. The van der Waals surface area contributed by atoms with E-state index in [0.717, 1.165) is 25.7 Å². The Bertz CT molecular complexity index is 671. The average Bonchev–Trinajstić information content (AvgIpc) is 3.03. The van der Waals surface area contributed by atoms with Gasteiger partial charge in [0.15, 0.2) is 0 Å². The van der Waals surface area contributed by atoms with Crippen LogP contribution in [0, 0.1) is 5.82 Å². The molecular weight excluding hydrogens is 283 g/mol. The highest BCUT2D eigenvalue weighted by molar-refractivity contribution is 5.92. The van der Waals surface area contributed by atoms with E-state index in [9.17, 15) is 9.18 Å². The molecule has 1 amide bonds. The molecule has 2 aromatic rings. The largest absolute Gasteiger partial charge is 0.348 e. The minimum absolute atomic E-state index is 0.198. The van der Waals surface area contributed by atoms with Gasteiger partial charge in [0, 0.05) is 12.2 Å². The third-order valence-corrected chi connectivity index (χ3v) is 3.70. The maximum absolute atomic E-state index is 13.6. The van der Waals surface area contributed by atoms with E-state index in [0.29, 0.717) is 0 Å². The van der Waals surface area contributed by atoms with E-state index in [1.807, 2.05) is 0 Å². The summed E-state index contributed by atoms with van der Waals surface area (Å²) >= 11 is 0. The molecule has 1 heterocycles. The van der Waals surface area contributed by atoms with Crippen molar-refractivity contribution in [2.24, 2.45) is 0 Å². The third-order valence-electron chi connectivity index (χ3n) is 3.70.